The SMILES string of the molecule is CCCN(C)c1nc(N)c(C(=O)NC2CCC(=O)NC2)s1. The van der Waals surface area contributed by atoms with Gasteiger partial charge in [0.15, 0.2) is 5.13 Å². The second kappa shape index (κ2) is 6.75. The monoisotopic (exact) mass is 311 g/mol. The van der Waals surface area contributed by atoms with Crippen LogP contribution >= 0.6 is 11.3 Å². The summed E-state index contributed by atoms with van der Waals surface area (Å²) in [7, 11) is 1.93. The Balaban J connectivity index is 2.00. The van der Waals surface area contributed by atoms with E-state index in [0.717, 1.165) is 18.1 Å². The Labute approximate surface area is 127 Å². The Kier molecular flexibility index (Phi) is 5.00. The van der Waals surface area contributed by atoms with E-state index in [1.54, 1.807) is 0 Å². The van der Waals surface area contributed by atoms with Crippen LogP contribution in [-0.2, 0) is 4.79 Å². The molecule has 1 atom stereocenters. The fraction of sp³-hybridized carbons (Fsp3) is 0.615. The van der Waals surface area contributed by atoms with Gasteiger partial charge in [-0.3, -0.25) is 9.59 Å². The zero-order valence-electron chi connectivity index (χ0n) is 12.3. The van der Waals surface area contributed by atoms with Gasteiger partial charge in [-0.1, -0.05) is 18.3 Å². The fourth-order valence-electron chi connectivity index (χ4n) is 2.18. The van der Waals surface area contributed by atoms with Gasteiger partial charge in [-0.15, -0.1) is 0 Å². The van der Waals surface area contributed by atoms with Crippen molar-refractivity contribution in [2.45, 2.75) is 32.2 Å². The van der Waals surface area contributed by atoms with Crippen molar-refractivity contribution in [2.24, 2.45) is 0 Å². The van der Waals surface area contributed by atoms with Crippen LogP contribution in [0.2, 0.25) is 0 Å². The number of nitrogens with zero attached hydrogens (tertiary/aromatic N) is 2. The van der Waals surface area contributed by atoms with Crippen LogP contribution in [0.5, 0.6) is 0 Å². The summed E-state index contributed by atoms with van der Waals surface area (Å²) < 4.78 is 0. The number of anilines is 2. The Morgan fingerprint density at radius 1 is 1.62 bits per heavy atom. The van der Waals surface area contributed by atoms with E-state index in [0.29, 0.717) is 24.3 Å². The number of hydrogen-bond acceptors (Lipinski definition) is 6. The average Bonchev–Trinajstić information content (AvgIpc) is 2.84. The molecule has 1 aliphatic rings. The molecule has 1 saturated heterocycles. The number of amides is 2. The van der Waals surface area contributed by atoms with E-state index in [9.17, 15) is 9.59 Å². The van der Waals surface area contributed by atoms with Gasteiger partial charge in [0, 0.05) is 32.6 Å². The molecule has 1 unspecified atom stereocenters. The number of thiazole rings is 1. The van der Waals surface area contributed by atoms with Gasteiger partial charge in [0.05, 0.1) is 0 Å². The number of aromatic nitrogens is 1. The van der Waals surface area contributed by atoms with Gasteiger partial charge in [0.25, 0.3) is 5.91 Å². The molecule has 0 aromatic carbocycles. The summed E-state index contributed by atoms with van der Waals surface area (Å²) in [5.74, 6) is 0.0684. The van der Waals surface area contributed by atoms with E-state index in [4.69, 9.17) is 5.73 Å². The van der Waals surface area contributed by atoms with Crippen LogP contribution in [0.25, 0.3) is 0 Å². The van der Waals surface area contributed by atoms with Gasteiger partial charge in [0.2, 0.25) is 5.91 Å². The Hall–Kier alpha value is -1.83. The summed E-state index contributed by atoms with van der Waals surface area (Å²) in [5.41, 5.74) is 5.85. The first-order chi connectivity index (χ1) is 10.0. The molecule has 7 nitrogen and oxygen atoms in total. The number of hydrogen-bond donors (Lipinski definition) is 3. The van der Waals surface area contributed by atoms with E-state index < -0.39 is 0 Å². The number of rotatable bonds is 5. The maximum absolute atomic E-state index is 12.3. The van der Waals surface area contributed by atoms with Crippen molar-refractivity contribution in [3.8, 4) is 0 Å². The summed E-state index contributed by atoms with van der Waals surface area (Å²) in [6.07, 6.45) is 2.09. The van der Waals surface area contributed by atoms with Crippen molar-refractivity contribution in [3.05, 3.63) is 4.88 Å². The second-order valence-electron chi connectivity index (χ2n) is 5.15. The van der Waals surface area contributed by atoms with Gasteiger partial charge in [-0.05, 0) is 12.8 Å². The van der Waals surface area contributed by atoms with E-state index in [1.807, 2.05) is 11.9 Å². The molecule has 0 radical (unpaired) electrons. The number of piperidine rings is 1. The summed E-state index contributed by atoms with van der Waals surface area (Å²) in [6, 6.07) is -0.0477. The molecular formula is C13H21N5O2S. The van der Waals surface area contributed by atoms with Crippen molar-refractivity contribution >= 4 is 34.1 Å². The molecule has 1 aromatic rings. The molecule has 21 heavy (non-hydrogen) atoms. The molecule has 8 heteroatoms. The first-order valence-corrected chi connectivity index (χ1v) is 7.88. The molecule has 2 heterocycles. The third kappa shape index (κ3) is 3.84. The standard InChI is InChI=1S/C13H21N5O2S/c1-3-6-18(2)13-17-11(14)10(21-13)12(20)16-8-4-5-9(19)15-7-8/h8H,3-7,14H2,1-2H3,(H,15,19)(H,16,20). The Morgan fingerprint density at radius 2 is 2.38 bits per heavy atom. The van der Waals surface area contributed by atoms with Crippen molar-refractivity contribution in [1.29, 1.82) is 0 Å². The predicted molar refractivity (Wildman–Crippen MR) is 83.6 cm³/mol. The first-order valence-electron chi connectivity index (χ1n) is 7.06. The van der Waals surface area contributed by atoms with Gasteiger partial charge in [-0.2, -0.15) is 0 Å². The molecule has 1 fully saturated rings. The minimum absolute atomic E-state index is 0.0290. The molecule has 1 aromatic heterocycles. The van der Waals surface area contributed by atoms with Crippen LogP contribution in [-0.4, -0.2) is 43.0 Å². The molecule has 2 amide bonds. The maximum atomic E-state index is 12.3. The predicted octanol–water partition coefficient (Wildman–Crippen LogP) is 0.580. The van der Waals surface area contributed by atoms with Crippen LogP contribution in [0.15, 0.2) is 0 Å². The highest BCUT2D eigenvalue weighted by Gasteiger charge is 2.23. The highest BCUT2D eigenvalue weighted by Crippen LogP contribution is 2.27. The van der Waals surface area contributed by atoms with Gasteiger partial charge < -0.3 is 21.3 Å². The first kappa shape index (κ1) is 15.6. The van der Waals surface area contributed by atoms with Crippen molar-refractivity contribution in [3.63, 3.8) is 0 Å². The number of nitrogens with two attached hydrogens (primary N) is 1. The third-order valence-corrected chi connectivity index (χ3v) is 4.52. The van der Waals surface area contributed by atoms with Gasteiger partial charge in [-0.25, -0.2) is 4.98 Å². The normalized spacial score (nSPS) is 18.2. The smallest absolute Gasteiger partial charge is 0.265 e. The summed E-state index contributed by atoms with van der Waals surface area (Å²) in [5, 5.41) is 6.38. The Morgan fingerprint density at radius 3 is 3.00 bits per heavy atom. The van der Waals surface area contributed by atoms with Crippen LogP contribution < -0.4 is 21.3 Å². The zero-order valence-corrected chi connectivity index (χ0v) is 13.1. The largest absolute Gasteiger partial charge is 0.382 e. The maximum Gasteiger partial charge on any atom is 0.265 e. The summed E-state index contributed by atoms with van der Waals surface area (Å²) in [4.78, 5) is 30.0. The van der Waals surface area contributed by atoms with Crippen LogP contribution in [0.4, 0.5) is 10.9 Å². The topological polar surface area (TPSA) is 100 Å². The van der Waals surface area contributed by atoms with Crippen LogP contribution in [0.1, 0.15) is 35.9 Å². The van der Waals surface area contributed by atoms with Crippen molar-refractivity contribution < 1.29 is 9.59 Å². The molecule has 0 bridgehead atoms. The Bertz CT molecular complexity index is 521. The van der Waals surface area contributed by atoms with E-state index in [1.165, 1.54) is 11.3 Å². The molecule has 1 aliphatic heterocycles. The molecule has 0 saturated carbocycles. The molecule has 0 spiro atoms. The van der Waals surface area contributed by atoms with E-state index in [-0.39, 0.29) is 23.7 Å². The number of carbonyl (C=O) groups is 2. The molecule has 2 rings (SSSR count). The summed E-state index contributed by atoms with van der Waals surface area (Å²) >= 11 is 1.30. The van der Waals surface area contributed by atoms with E-state index in [2.05, 4.69) is 22.5 Å². The molecular weight excluding hydrogens is 290 g/mol. The molecule has 116 valence electrons. The fourth-order valence-corrected chi connectivity index (χ4v) is 3.06. The van der Waals surface area contributed by atoms with Crippen LogP contribution in [0, 0.1) is 0 Å². The lowest BCUT2D eigenvalue weighted by atomic mass is 10.1. The number of nitrogens with one attached hydrogen (secondary N) is 2. The molecule has 0 aliphatic carbocycles. The highest BCUT2D eigenvalue weighted by atomic mass is 32.1. The number of nitrogen functional groups attached to an aromatic ring is 1. The molecule has 4 N–H and O–H groups in total. The minimum atomic E-state index is -0.220. The average molecular weight is 311 g/mol. The lowest BCUT2D eigenvalue weighted by Crippen LogP contribution is -2.47. The minimum Gasteiger partial charge on any atom is -0.382 e. The third-order valence-electron chi connectivity index (χ3n) is 3.33. The van der Waals surface area contributed by atoms with Crippen molar-refractivity contribution in [1.82, 2.24) is 15.6 Å². The quantitative estimate of drug-likeness (QED) is 0.738. The lowest BCUT2D eigenvalue weighted by molar-refractivity contribution is -0.122. The summed E-state index contributed by atoms with van der Waals surface area (Å²) in [6.45, 7) is 3.41. The van der Waals surface area contributed by atoms with E-state index >= 15 is 0 Å². The number of carbonyl (C=O) groups excluding carboxylic acids is 2. The van der Waals surface area contributed by atoms with Gasteiger partial charge >= 0.3 is 0 Å². The van der Waals surface area contributed by atoms with Crippen molar-refractivity contribution in [2.75, 3.05) is 30.8 Å². The highest BCUT2D eigenvalue weighted by molar-refractivity contribution is 7.18. The van der Waals surface area contributed by atoms with Crippen LogP contribution in [0.3, 0.4) is 0 Å². The van der Waals surface area contributed by atoms with Gasteiger partial charge in [0.1, 0.15) is 10.7 Å². The second-order valence-corrected chi connectivity index (χ2v) is 6.12. The lowest BCUT2D eigenvalue weighted by Gasteiger charge is -2.23. The zero-order chi connectivity index (χ0) is 15.4.